The first kappa shape index (κ1) is 16.1. The van der Waals surface area contributed by atoms with Crippen LogP contribution in [0.2, 0.25) is 0 Å². The van der Waals surface area contributed by atoms with Crippen molar-refractivity contribution in [1.29, 1.82) is 0 Å². The highest BCUT2D eigenvalue weighted by molar-refractivity contribution is 8.13. The van der Waals surface area contributed by atoms with Gasteiger partial charge in [0.2, 0.25) is 5.95 Å². The van der Waals surface area contributed by atoms with Gasteiger partial charge in [-0.25, -0.2) is 23.7 Å². The Morgan fingerprint density at radius 1 is 1.20 bits per heavy atom. The van der Waals surface area contributed by atoms with Gasteiger partial charge in [-0.3, -0.25) is 0 Å². The molecule has 1 saturated heterocycles. The van der Waals surface area contributed by atoms with Crippen LogP contribution in [0.5, 0.6) is 0 Å². The summed E-state index contributed by atoms with van der Waals surface area (Å²) in [5, 5.41) is 0.417. The molecule has 4 N–H and O–H groups in total. The first-order valence-corrected chi connectivity index (χ1v) is 8.72. The molecule has 130 valence electrons. The number of nitrogens with two attached hydrogens (primary N) is 2. The lowest BCUT2D eigenvalue weighted by atomic mass is 9.81. The number of anilines is 2. The van der Waals surface area contributed by atoms with E-state index in [4.69, 9.17) is 11.5 Å². The van der Waals surface area contributed by atoms with Gasteiger partial charge in [-0.05, 0) is 18.2 Å². The molecule has 0 amide bonds. The number of aromatic nitrogens is 2. The average molecular weight is 362 g/mol. The van der Waals surface area contributed by atoms with Crippen LogP contribution >= 0.6 is 11.8 Å². The molecule has 2 aromatic rings. The summed E-state index contributed by atoms with van der Waals surface area (Å²) >= 11 is 1.44. The fraction of sp³-hybridized carbons (Fsp3) is 0.312. The maximum atomic E-state index is 14.6. The lowest BCUT2D eigenvalue weighted by molar-refractivity contribution is 0.371. The van der Waals surface area contributed by atoms with Crippen molar-refractivity contribution in [3.8, 4) is 0 Å². The number of hydrogen-bond acceptors (Lipinski definition) is 7. The standard InChI is InChI=1S/C16H16F2N6S/c17-10-4-21-15(22-5-10)24-6-9-7-25-14(20)23-16(9,8-24)12-3-11(19)1-2-13(12)18/h1-5,9H,6-8,19H2,(H2,20,23). The van der Waals surface area contributed by atoms with Gasteiger partial charge in [-0.15, -0.1) is 0 Å². The molecule has 0 saturated carbocycles. The maximum absolute atomic E-state index is 14.6. The van der Waals surface area contributed by atoms with E-state index in [0.29, 0.717) is 41.2 Å². The number of rotatable bonds is 2. The lowest BCUT2D eigenvalue weighted by Crippen LogP contribution is -2.40. The van der Waals surface area contributed by atoms with Crippen LogP contribution in [0.3, 0.4) is 0 Å². The van der Waals surface area contributed by atoms with E-state index in [0.717, 1.165) is 12.4 Å². The van der Waals surface area contributed by atoms with E-state index < -0.39 is 11.4 Å². The number of aliphatic imine (C=N–C) groups is 1. The number of nitrogens with zero attached hydrogens (tertiary/aromatic N) is 4. The van der Waals surface area contributed by atoms with Crippen LogP contribution in [0.15, 0.2) is 35.6 Å². The molecule has 9 heteroatoms. The normalized spacial score (nSPS) is 25.6. The molecule has 1 aromatic heterocycles. The second-order valence-electron chi connectivity index (χ2n) is 6.20. The zero-order valence-electron chi connectivity index (χ0n) is 13.2. The fourth-order valence-corrected chi connectivity index (χ4v) is 4.48. The van der Waals surface area contributed by atoms with Crippen molar-refractivity contribution in [2.45, 2.75) is 5.54 Å². The third-order valence-electron chi connectivity index (χ3n) is 4.64. The van der Waals surface area contributed by atoms with Gasteiger partial charge in [0.25, 0.3) is 0 Å². The predicted molar refractivity (Wildman–Crippen MR) is 94.3 cm³/mol. The number of halogens is 2. The molecule has 1 aromatic carbocycles. The Morgan fingerprint density at radius 3 is 2.72 bits per heavy atom. The van der Waals surface area contributed by atoms with Gasteiger partial charge in [0.1, 0.15) is 11.4 Å². The minimum absolute atomic E-state index is 0.00903. The number of thioether (sulfide) groups is 1. The number of amidine groups is 1. The van der Waals surface area contributed by atoms with Gasteiger partial charge in [-0.2, -0.15) is 0 Å². The molecule has 2 unspecified atom stereocenters. The van der Waals surface area contributed by atoms with Crippen LogP contribution < -0.4 is 16.4 Å². The number of nitrogen functional groups attached to an aromatic ring is 1. The van der Waals surface area contributed by atoms with Crippen LogP contribution in [-0.4, -0.2) is 34.0 Å². The minimum atomic E-state index is -0.855. The Kier molecular flexibility index (Phi) is 3.75. The summed E-state index contributed by atoms with van der Waals surface area (Å²) in [5.41, 5.74) is 11.9. The third-order valence-corrected chi connectivity index (χ3v) is 5.59. The third kappa shape index (κ3) is 2.68. The van der Waals surface area contributed by atoms with Crippen LogP contribution in [0, 0.1) is 17.6 Å². The van der Waals surface area contributed by atoms with E-state index in [1.54, 1.807) is 6.07 Å². The van der Waals surface area contributed by atoms with Crippen molar-refractivity contribution >= 4 is 28.6 Å². The van der Waals surface area contributed by atoms with Gasteiger partial charge in [0.05, 0.1) is 18.9 Å². The Balaban J connectivity index is 1.80. The van der Waals surface area contributed by atoms with Crippen molar-refractivity contribution < 1.29 is 8.78 Å². The first-order valence-electron chi connectivity index (χ1n) is 7.74. The smallest absolute Gasteiger partial charge is 0.225 e. The Labute approximate surface area is 147 Å². The lowest BCUT2D eigenvalue weighted by Gasteiger charge is -2.34. The van der Waals surface area contributed by atoms with Crippen LogP contribution in [0.1, 0.15) is 5.56 Å². The summed E-state index contributed by atoms with van der Waals surface area (Å²) in [5.74, 6) is 0.216. The van der Waals surface area contributed by atoms with Crippen molar-refractivity contribution in [2.75, 3.05) is 29.5 Å². The molecule has 0 spiro atoms. The maximum Gasteiger partial charge on any atom is 0.225 e. The molecule has 0 radical (unpaired) electrons. The monoisotopic (exact) mass is 362 g/mol. The highest BCUT2D eigenvalue weighted by Crippen LogP contribution is 2.47. The minimum Gasteiger partial charge on any atom is -0.399 e. The molecule has 0 bridgehead atoms. The van der Waals surface area contributed by atoms with Crippen molar-refractivity contribution in [3.63, 3.8) is 0 Å². The molecule has 2 aliphatic rings. The molecule has 3 heterocycles. The van der Waals surface area contributed by atoms with E-state index in [1.165, 1.54) is 23.9 Å². The van der Waals surface area contributed by atoms with Gasteiger partial charge in [0.15, 0.2) is 11.0 Å². The molecular weight excluding hydrogens is 346 g/mol. The van der Waals surface area contributed by atoms with Gasteiger partial charge in [0, 0.05) is 29.5 Å². The largest absolute Gasteiger partial charge is 0.399 e. The van der Waals surface area contributed by atoms with Crippen molar-refractivity contribution in [2.24, 2.45) is 16.6 Å². The number of fused-ring (bicyclic) bond motifs is 1. The van der Waals surface area contributed by atoms with E-state index in [1.807, 2.05) is 4.90 Å². The highest BCUT2D eigenvalue weighted by atomic mass is 32.2. The summed E-state index contributed by atoms with van der Waals surface area (Å²) in [4.78, 5) is 14.6. The van der Waals surface area contributed by atoms with Crippen LogP contribution in [0.4, 0.5) is 20.4 Å². The summed E-state index contributed by atoms with van der Waals surface area (Å²) < 4.78 is 27.7. The van der Waals surface area contributed by atoms with Gasteiger partial charge >= 0.3 is 0 Å². The number of hydrogen-bond donors (Lipinski definition) is 2. The molecule has 1 fully saturated rings. The molecule has 6 nitrogen and oxygen atoms in total. The second-order valence-corrected chi connectivity index (χ2v) is 7.24. The molecular formula is C16H16F2N6S. The van der Waals surface area contributed by atoms with E-state index in [2.05, 4.69) is 15.0 Å². The highest BCUT2D eigenvalue weighted by Gasteiger charge is 2.52. The Morgan fingerprint density at radius 2 is 1.96 bits per heavy atom. The van der Waals surface area contributed by atoms with Gasteiger partial charge < -0.3 is 16.4 Å². The fourth-order valence-electron chi connectivity index (χ4n) is 3.49. The summed E-state index contributed by atoms with van der Waals surface area (Å²) in [7, 11) is 0. The van der Waals surface area contributed by atoms with E-state index in [9.17, 15) is 8.78 Å². The summed E-state index contributed by atoms with van der Waals surface area (Å²) in [6.07, 6.45) is 2.23. The molecule has 25 heavy (non-hydrogen) atoms. The second kappa shape index (κ2) is 5.83. The van der Waals surface area contributed by atoms with Crippen LogP contribution in [0.25, 0.3) is 0 Å². The molecule has 2 atom stereocenters. The summed E-state index contributed by atoms with van der Waals surface area (Å²) in [6, 6.07) is 4.48. The molecule has 2 aliphatic heterocycles. The topological polar surface area (TPSA) is 93.4 Å². The van der Waals surface area contributed by atoms with E-state index >= 15 is 0 Å². The average Bonchev–Trinajstić information content (AvgIpc) is 2.97. The van der Waals surface area contributed by atoms with Gasteiger partial charge in [-0.1, -0.05) is 11.8 Å². The zero-order chi connectivity index (χ0) is 17.6. The molecule has 4 rings (SSSR count). The quantitative estimate of drug-likeness (QED) is 0.791. The SMILES string of the molecule is NC1=NC2(c3cc(N)ccc3F)CN(c3ncc(F)cn3)CC2CS1. The first-order chi connectivity index (χ1) is 12.0. The Hall–Kier alpha value is -2.42. The van der Waals surface area contributed by atoms with Crippen molar-refractivity contribution in [1.82, 2.24) is 9.97 Å². The molecule has 0 aliphatic carbocycles. The predicted octanol–water partition coefficient (Wildman–Crippen LogP) is 1.73. The Bertz CT molecular complexity index is 843. The zero-order valence-corrected chi connectivity index (χ0v) is 14.0. The number of benzene rings is 1. The van der Waals surface area contributed by atoms with Crippen molar-refractivity contribution in [3.05, 3.63) is 47.8 Å². The summed E-state index contributed by atoms with van der Waals surface area (Å²) in [6.45, 7) is 0.925. The van der Waals surface area contributed by atoms with E-state index in [-0.39, 0.29) is 11.7 Å². The van der Waals surface area contributed by atoms with Crippen LogP contribution in [-0.2, 0) is 5.54 Å².